The number of rotatable bonds is 5. The van der Waals surface area contributed by atoms with E-state index < -0.39 is 17.7 Å². The van der Waals surface area contributed by atoms with Gasteiger partial charge in [-0.25, -0.2) is 4.79 Å². The van der Waals surface area contributed by atoms with Crippen LogP contribution in [0.1, 0.15) is 17.3 Å². The van der Waals surface area contributed by atoms with Crippen LogP contribution in [-0.2, 0) is 14.3 Å². The van der Waals surface area contributed by atoms with Crippen molar-refractivity contribution >= 4 is 17.7 Å². The SMILES string of the molecule is CCOC(=O)C(=O)CNC(=O)c1ccccc1. The molecule has 0 radical (unpaired) electrons. The minimum atomic E-state index is -0.930. The van der Waals surface area contributed by atoms with Crippen molar-refractivity contribution in [2.45, 2.75) is 6.92 Å². The molecule has 1 N–H and O–H groups in total. The van der Waals surface area contributed by atoms with Crippen molar-refractivity contribution in [1.29, 1.82) is 0 Å². The standard InChI is InChI=1S/C12H13NO4/c1-2-17-12(16)10(14)8-13-11(15)9-6-4-3-5-7-9/h3-7H,2,8H2,1H3,(H,13,15). The van der Waals surface area contributed by atoms with Gasteiger partial charge in [-0.05, 0) is 19.1 Å². The Morgan fingerprint density at radius 1 is 1.18 bits per heavy atom. The lowest BCUT2D eigenvalue weighted by Crippen LogP contribution is -2.34. The number of esters is 1. The fourth-order valence-corrected chi connectivity index (χ4v) is 1.14. The van der Waals surface area contributed by atoms with Crippen LogP contribution in [0.5, 0.6) is 0 Å². The molecule has 1 rings (SSSR count). The topological polar surface area (TPSA) is 72.5 Å². The summed E-state index contributed by atoms with van der Waals surface area (Å²) < 4.78 is 4.50. The van der Waals surface area contributed by atoms with E-state index >= 15 is 0 Å². The minimum absolute atomic E-state index is 0.136. The molecule has 90 valence electrons. The van der Waals surface area contributed by atoms with E-state index in [-0.39, 0.29) is 13.2 Å². The van der Waals surface area contributed by atoms with Crippen molar-refractivity contribution in [3.05, 3.63) is 35.9 Å². The first kappa shape index (κ1) is 12.9. The molecule has 5 heteroatoms. The third kappa shape index (κ3) is 4.06. The zero-order chi connectivity index (χ0) is 12.7. The molecule has 0 saturated carbocycles. The van der Waals surface area contributed by atoms with Gasteiger partial charge in [0.05, 0.1) is 13.2 Å². The third-order valence-corrected chi connectivity index (χ3v) is 1.95. The quantitative estimate of drug-likeness (QED) is 0.597. The number of amides is 1. The highest BCUT2D eigenvalue weighted by Crippen LogP contribution is 1.97. The molecule has 17 heavy (non-hydrogen) atoms. The number of carbonyl (C=O) groups is 3. The van der Waals surface area contributed by atoms with Crippen LogP contribution in [0.15, 0.2) is 30.3 Å². The molecule has 0 aliphatic rings. The Morgan fingerprint density at radius 3 is 2.41 bits per heavy atom. The summed E-state index contributed by atoms with van der Waals surface area (Å²) in [6.45, 7) is 1.39. The molecule has 0 unspecified atom stereocenters. The molecule has 0 heterocycles. The summed E-state index contributed by atoms with van der Waals surface area (Å²) in [4.78, 5) is 33.7. The molecule has 1 amide bonds. The van der Waals surface area contributed by atoms with Gasteiger partial charge in [0, 0.05) is 5.56 Å². The maximum absolute atomic E-state index is 11.5. The van der Waals surface area contributed by atoms with Gasteiger partial charge < -0.3 is 10.1 Å². The fraction of sp³-hybridized carbons (Fsp3) is 0.250. The number of ketones is 1. The Kier molecular flexibility index (Phi) is 4.87. The Hall–Kier alpha value is -2.17. The van der Waals surface area contributed by atoms with Gasteiger partial charge in [0.25, 0.3) is 11.7 Å². The second kappa shape index (κ2) is 6.42. The van der Waals surface area contributed by atoms with E-state index in [1.54, 1.807) is 37.3 Å². The normalized spacial score (nSPS) is 9.47. The Morgan fingerprint density at radius 2 is 1.82 bits per heavy atom. The van der Waals surface area contributed by atoms with Crippen LogP contribution in [-0.4, -0.2) is 30.8 Å². The van der Waals surface area contributed by atoms with E-state index in [0.29, 0.717) is 5.56 Å². The molecule has 0 aliphatic heterocycles. The van der Waals surface area contributed by atoms with Gasteiger partial charge in [0.1, 0.15) is 0 Å². The van der Waals surface area contributed by atoms with Crippen molar-refractivity contribution in [3.63, 3.8) is 0 Å². The van der Waals surface area contributed by atoms with Gasteiger partial charge in [-0.15, -0.1) is 0 Å². The lowest BCUT2D eigenvalue weighted by Gasteiger charge is -2.04. The van der Waals surface area contributed by atoms with Gasteiger partial charge in [-0.2, -0.15) is 0 Å². The molecule has 0 aromatic heterocycles. The van der Waals surface area contributed by atoms with Crippen LogP contribution in [0, 0.1) is 0 Å². The van der Waals surface area contributed by atoms with Crippen molar-refractivity contribution in [3.8, 4) is 0 Å². The predicted octanol–water partition coefficient (Wildman–Crippen LogP) is 0.549. The summed E-state index contributed by atoms with van der Waals surface area (Å²) >= 11 is 0. The van der Waals surface area contributed by atoms with Crippen molar-refractivity contribution in [2.24, 2.45) is 0 Å². The van der Waals surface area contributed by atoms with Gasteiger partial charge in [-0.3, -0.25) is 9.59 Å². The average molecular weight is 235 g/mol. The molecule has 0 spiro atoms. The molecular weight excluding hydrogens is 222 g/mol. The summed E-state index contributed by atoms with van der Waals surface area (Å²) in [6.07, 6.45) is 0. The zero-order valence-electron chi connectivity index (χ0n) is 9.43. The molecule has 0 fully saturated rings. The minimum Gasteiger partial charge on any atom is -0.460 e. The average Bonchev–Trinajstić information content (AvgIpc) is 2.36. The van der Waals surface area contributed by atoms with E-state index in [4.69, 9.17) is 0 Å². The number of ether oxygens (including phenoxy) is 1. The Balaban J connectivity index is 2.44. The smallest absolute Gasteiger partial charge is 0.376 e. The second-order valence-electron chi connectivity index (χ2n) is 3.19. The summed E-state index contributed by atoms with van der Waals surface area (Å²) in [5.74, 6) is -2.10. The molecular formula is C12H13NO4. The second-order valence-corrected chi connectivity index (χ2v) is 3.19. The van der Waals surface area contributed by atoms with Gasteiger partial charge >= 0.3 is 5.97 Å². The molecule has 1 aromatic carbocycles. The Labute approximate surface area is 98.8 Å². The zero-order valence-corrected chi connectivity index (χ0v) is 9.43. The first-order valence-corrected chi connectivity index (χ1v) is 5.18. The van der Waals surface area contributed by atoms with Gasteiger partial charge in [0.2, 0.25) is 0 Å². The Bertz CT molecular complexity index is 414. The lowest BCUT2D eigenvalue weighted by molar-refractivity contribution is -0.153. The molecule has 0 bridgehead atoms. The van der Waals surface area contributed by atoms with Crippen LogP contribution >= 0.6 is 0 Å². The summed E-state index contributed by atoms with van der Waals surface area (Å²) in [7, 11) is 0. The number of hydrogen-bond acceptors (Lipinski definition) is 4. The van der Waals surface area contributed by atoms with Crippen molar-refractivity contribution in [1.82, 2.24) is 5.32 Å². The van der Waals surface area contributed by atoms with Crippen LogP contribution in [0.4, 0.5) is 0 Å². The van der Waals surface area contributed by atoms with Gasteiger partial charge in [0.15, 0.2) is 0 Å². The highest BCUT2D eigenvalue weighted by Gasteiger charge is 2.15. The first-order valence-electron chi connectivity index (χ1n) is 5.18. The van der Waals surface area contributed by atoms with Crippen molar-refractivity contribution < 1.29 is 19.1 Å². The number of Topliss-reactive ketones (excluding diaryl/α,β-unsaturated/α-hetero) is 1. The monoisotopic (exact) mass is 235 g/mol. The third-order valence-electron chi connectivity index (χ3n) is 1.95. The molecule has 0 aliphatic carbocycles. The highest BCUT2D eigenvalue weighted by atomic mass is 16.5. The number of carbonyl (C=O) groups excluding carboxylic acids is 3. The summed E-state index contributed by atoms with van der Waals surface area (Å²) in [6, 6.07) is 8.43. The van der Waals surface area contributed by atoms with E-state index in [1.165, 1.54) is 0 Å². The fourth-order valence-electron chi connectivity index (χ4n) is 1.14. The summed E-state index contributed by atoms with van der Waals surface area (Å²) in [5.41, 5.74) is 0.434. The summed E-state index contributed by atoms with van der Waals surface area (Å²) in [5, 5.41) is 2.35. The molecule has 5 nitrogen and oxygen atoms in total. The van der Waals surface area contributed by atoms with E-state index in [9.17, 15) is 14.4 Å². The van der Waals surface area contributed by atoms with E-state index in [2.05, 4.69) is 10.1 Å². The van der Waals surface area contributed by atoms with Crippen LogP contribution in [0.2, 0.25) is 0 Å². The number of benzene rings is 1. The largest absolute Gasteiger partial charge is 0.460 e. The molecule has 0 atom stereocenters. The van der Waals surface area contributed by atoms with Crippen LogP contribution < -0.4 is 5.32 Å². The maximum Gasteiger partial charge on any atom is 0.376 e. The first-order chi connectivity index (χ1) is 8.15. The van der Waals surface area contributed by atoms with Gasteiger partial charge in [-0.1, -0.05) is 18.2 Å². The van der Waals surface area contributed by atoms with E-state index in [1.807, 2.05) is 0 Å². The maximum atomic E-state index is 11.5. The number of hydrogen-bond donors (Lipinski definition) is 1. The predicted molar refractivity (Wildman–Crippen MR) is 60.4 cm³/mol. The van der Waals surface area contributed by atoms with Crippen LogP contribution in [0.25, 0.3) is 0 Å². The molecule has 1 aromatic rings. The highest BCUT2D eigenvalue weighted by molar-refractivity contribution is 6.34. The van der Waals surface area contributed by atoms with Crippen LogP contribution in [0.3, 0.4) is 0 Å². The van der Waals surface area contributed by atoms with Crippen molar-refractivity contribution in [2.75, 3.05) is 13.2 Å². The van der Waals surface area contributed by atoms with E-state index in [0.717, 1.165) is 0 Å². The molecule has 0 saturated heterocycles. The lowest BCUT2D eigenvalue weighted by atomic mass is 10.2. The number of nitrogens with one attached hydrogen (secondary N) is 1.